The summed E-state index contributed by atoms with van der Waals surface area (Å²) in [6.45, 7) is 5.81. The highest BCUT2D eigenvalue weighted by molar-refractivity contribution is 7.09. The molecule has 146 valence electrons. The maximum absolute atomic E-state index is 12.1. The largest absolute Gasteiger partial charge is 0.477 e. The first-order valence-electron chi connectivity index (χ1n) is 9.50. The average Bonchev–Trinajstić information content (AvgIpc) is 3.14. The van der Waals surface area contributed by atoms with Crippen LogP contribution in [0.4, 0.5) is 0 Å². The number of aromatic nitrogens is 1. The predicted molar refractivity (Wildman–Crippen MR) is 114 cm³/mol. The summed E-state index contributed by atoms with van der Waals surface area (Å²) < 4.78 is 11.9. The molecule has 0 atom stereocenters. The van der Waals surface area contributed by atoms with Crippen LogP contribution in [0.1, 0.15) is 21.7 Å². The monoisotopic (exact) mass is 404 g/mol. The minimum atomic E-state index is -0.338. The molecule has 2 aromatic heterocycles. The number of ether oxygens (including phenoxy) is 1. The van der Waals surface area contributed by atoms with Gasteiger partial charge in [0.05, 0.1) is 16.3 Å². The fourth-order valence-corrected chi connectivity index (χ4v) is 4.46. The molecule has 3 heterocycles. The Morgan fingerprint density at radius 3 is 2.76 bits per heavy atom. The molecule has 4 aromatic rings. The SMILES string of the molecule is Cc1nc(-c2cc3c(C)cc(=O)oc3c3c2OCN(Cc2ccccc2)C3)cs1. The van der Waals surface area contributed by atoms with Crippen LogP contribution in [-0.4, -0.2) is 16.6 Å². The van der Waals surface area contributed by atoms with Crippen LogP contribution in [0.25, 0.3) is 22.2 Å². The Morgan fingerprint density at radius 2 is 2.00 bits per heavy atom. The summed E-state index contributed by atoms with van der Waals surface area (Å²) in [6.07, 6.45) is 0. The summed E-state index contributed by atoms with van der Waals surface area (Å²) in [5, 5.41) is 3.98. The molecule has 5 nitrogen and oxygen atoms in total. The third-order valence-corrected chi connectivity index (χ3v) is 5.98. The van der Waals surface area contributed by atoms with Crippen molar-refractivity contribution in [3.8, 4) is 17.0 Å². The van der Waals surface area contributed by atoms with Crippen molar-refractivity contribution in [2.24, 2.45) is 0 Å². The summed E-state index contributed by atoms with van der Waals surface area (Å²) in [7, 11) is 0. The number of fused-ring (bicyclic) bond motifs is 3. The van der Waals surface area contributed by atoms with Gasteiger partial charge in [0.2, 0.25) is 0 Å². The van der Waals surface area contributed by atoms with Crippen LogP contribution >= 0.6 is 11.3 Å². The third kappa shape index (κ3) is 3.34. The molecule has 5 rings (SSSR count). The molecular weight excluding hydrogens is 384 g/mol. The Labute approximate surface area is 172 Å². The Morgan fingerprint density at radius 1 is 1.17 bits per heavy atom. The van der Waals surface area contributed by atoms with Crippen LogP contribution in [0.2, 0.25) is 0 Å². The van der Waals surface area contributed by atoms with Gasteiger partial charge in [0.15, 0.2) is 0 Å². The van der Waals surface area contributed by atoms with Gasteiger partial charge >= 0.3 is 5.63 Å². The van der Waals surface area contributed by atoms with E-state index in [1.807, 2.05) is 43.5 Å². The molecule has 0 saturated heterocycles. The summed E-state index contributed by atoms with van der Waals surface area (Å²) in [4.78, 5) is 19.0. The highest BCUT2D eigenvalue weighted by atomic mass is 32.1. The van der Waals surface area contributed by atoms with E-state index in [4.69, 9.17) is 9.15 Å². The van der Waals surface area contributed by atoms with E-state index in [0.717, 1.165) is 45.1 Å². The first kappa shape index (κ1) is 18.1. The molecule has 0 unspecified atom stereocenters. The van der Waals surface area contributed by atoms with Gasteiger partial charge in [-0.2, -0.15) is 0 Å². The molecule has 0 saturated carbocycles. The second-order valence-corrected chi connectivity index (χ2v) is 8.42. The van der Waals surface area contributed by atoms with Crippen LogP contribution < -0.4 is 10.4 Å². The van der Waals surface area contributed by atoms with Crippen LogP contribution in [-0.2, 0) is 13.1 Å². The van der Waals surface area contributed by atoms with Crippen LogP contribution in [0.3, 0.4) is 0 Å². The molecule has 1 aliphatic heterocycles. The number of aryl methyl sites for hydroxylation is 2. The zero-order valence-corrected chi connectivity index (χ0v) is 17.1. The van der Waals surface area contributed by atoms with Gasteiger partial charge in [-0.05, 0) is 31.0 Å². The Hall–Kier alpha value is -2.96. The van der Waals surface area contributed by atoms with Gasteiger partial charge in [-0.3, -0.25) is 4.90 Å². The number of benzene rings is 2. The molecule has 6 heteroatoms. The van der Waals surface area contributed by atoms with Crippen LogP contribution in [0.15, 0.2) is 57.1 Å². The zero-order valence-electron chi connectivity index (χ0n) is 16.3. The lowest BCUT2D eigenvalue weighted by atomic mass is 9.98. The van der Waals surface area contributed by atoms with Gasteiger partial charge in [0, 0.05) is 35.5 Å². The van der Waals surface area contributed by atoms with E-state index in [9.17, 15) is 4.79 Å². The Balaban J connectivity index is 1.66. The lowest BCUT2D eigenvalue weighted by Crippen LogP contribution is -2.32. The molecule has 29 heavy (non-hydrogen) atoms. The lowest BCUT2D eigenvalue weighted by molar-refractivity contribution is 0.0895. The highest BCUT2D eigenvalue weighted by Gasteiger charge is 2.26. The van der Waals surface area contributed by atoms with E-state index in [-0.39, 0.29) is 5.63 Å². The average molecular weight is 404 g/mol. The van der Waals surface area contributed by atoms with E-state index in [1.165, 1.54) is 11.6 Å². The maximum atomic E-state index is 12.1. The zero-order chi connectivity index (χ0) is 20.0. The molecule has 0 aliphatic carbocycles. The summed E-state index contributed by atoms with van der Waals surface area (Å²) in [5.41, 5.74) is 5.14. The van der Waals surface area contributed by atoms with Gasteiger partial charge in [-0.15, -0.1) is 11.3 Å². The molecule has 0 fully saturated rings. The standard InChI is InChI=1S/C23H20N2O3S/c1-14-8-21(26)28-23-17(14)9-18(20-12-29-15(2)24-20)22-19(23)11-25(13-27-22)10-16-6-4-3-5-7-16/h3-9,12H,10-11,13H2,1-2H3. The quantitative estimate of drug-likeness (QED) is 0.455. The van der Waals surface area contributed by atoms with Crippen molar-refractivity contribution in [3.63, 3.8) is 0 Å². The van der Waals surface area contributed by atoms with Gasteiger partial charge in [0.1, 0.15) is 18.1 Å². The van der Waals surface area contributed by atoms with E-state index in [2.05, 4.69) is 22.0 Å². The number of rotatable bonds is 3. The van der Waals surface area contributed by atoms with Crippen molar-refractivity contribution < 1.29 is 9.15 Å². The van der Waals surface area contributed by atoms with Crippen molar-refractivity contribution in [2.45, 2.75) is 26.9 Å². The molecular formula is C23H20N2O3S. The van der Waals surface area contributed by atoms with Gasteiger partial charge in [-0.1, -0.05) is 30.3 Å². The normalized spacial score (nSPS) is 14.0. The third-order valence-electron chi connectivity index (χ3n) is 5.21. The summed E-state index contributed by atoms with van der Waals surface area (Å²) in [6, 6.07) is 13.9. The number of hydrogen-bond acceptors (Lipinski definition) is 6. The maximum Gasteiger partial charge on any atom is 0.336 e. The molecule has 1 aliphatic rings. The van der Waals surface area contributed by atoms with Crippen molar-refractivity contribution in [1.82, 2.24) is 9.88 Å². The van der Waals surface area contributed by atoms with Crippen molar-refractivity contribution >= 4 is 22.3 Å². The smallest absolute Gasteiger partial charge is 0.336 e. The van der Waals surface area contributed by atoms with E-state index in [1.54, 1.807) is 11.3 Å². The van der Waals surface area contributed by atoms with E-state index in [0.29, 0.717) is 18.9 Å². The predicted octanol–water partition coefficient (Wildman–Crippen LogP) is 4.89. The molecule has 0 spiro atoms. The van der Waals surface area contributed by atoms with Gasteiger partial charge in [0.25, 0.3) is 0 Å². The first-order chi connectivity index (χ1) is 14.1. The Bertz CT molecular complexity index is 1260. The topological polar surface area (TPSA) is 55.6 Å². The highest BCUT2D eigenvalue weighted by Crippen LogP contribution is 2.42. The van der Waals surface area contributed by atoms with E-state index >= 15 is 0 Å². The van der Waals surface area contributed by atoms with Crippen LogP contribution in [0.5, 0.6) is 5.75 Å². The lowest BCUT2D eigenvalue weighted by Gasteiger charge is -2.30. The Kier molecular flexibility index (Phi) is 4.45. The molecule has 0 N–H and O–H groups in total. The van der Waals surface area contributed by atoms with Crippen molar-refractivity contribution in [2.75, 3.05) is 6.73 Å². The summed E-state index contributed by atoms with van der Waals surface area (Å²) >= 11 is 1.61. The molecule has 0 amide bonds. The molecule has 0 bridgehead atoms. The fraction of sp³-hybridized carbons (Fsp3) is 0.217. The molecule has 2 aromatic carbocycles. The number of thiazole rings is 1. The minimum Gasteiger partial charge on any atom is -0.477 e. The molecule has 0 radical (unpaired) electrons. The fourth-order valence-electron chi connectivity index (χ4n) is 3.85. The van der Waals surface area contributed by atoms with E-state index < -0.39 is 0 Å². The second kappa shape index (κ2) is 7.13. The number of hydrogen-bond donors (Lipinski definition) is 0. The summed E-state index contributed by atoms with van der Waals surface area (Å²) in [5.74, 6) is 0.765. The van der Waals surface area contributed by atoms with Crippen molar-refractivity contribution in [1.29, 1.82) is 0 Å². The van der Waals surface area contributed by atoms with Crippen LogP contribution in [0, 0.1) is 13.8 Å². The van der Waals surface area contributed by atoms with Crippen molar-refractivity contribution in [3.05, 3.63) is 80.0 Å². The minimum absolute atomic E-state index is 0.338. The number of nitrogens with zero attached hydrogens (tertiary/aromatic N) is 2. The van der Waals surface area contributed by atoms with Gasteiger partial charge < -0.3 is 9.15 Å². The van der Waals surface area contributed by atoms with Gasteiger partial charge in [-0.25, -0.2) is 9.78 Å². The second-order valence-electron chi connectivity index (χ2n) is 7.35. The first-order valence-corrected chi connectivity index (χ1v) is 10.4.